The fraction of sp³-hybridized carbons (Fsp3) is 1.00. The monoisotopic (exact) mass is 168 g/mol. The summed E-state index contributed by atoms with van der Waals surface area (Å²) in [7, 11) is 2.23. The van der Waals surface area contributed by atoms with Gasteiger partial charge >= 0.3 is 0 Å². The average molecular weight is 168 g/mol. The molecule has 2 nitrogen and oxygen atoms in total. The molecule has 12 heavy (non-hydrogen) atoms. The van der Waals surface area contributed by atoms with Crippen molar-refractivity contribution >= 4 is 0 Å². The number of rotatable bonds is 3. The lowest BCUT2D eigenvalue weighted by atomic mass is 10.2. The van der Waals surface area contributed by atoms with Gasteiger partial charge in [-0.05, 0) is 31.3 Å². The summed E-state index contributed by atoms with van der Waals surface area (Å²) in [5, 5.41) is 3.65. The zero-order valence-electron chi connectivity index (χ0n) is 8.38. The van der Waals surface area contributed by atoms with E-state index in [0.29, 0.717) is 0 Å². The van der Waals surface area contributed by atoms with E-state index in [1.807, 2.05) is 0 Å². The van der Waals surface area contributed by atoms with Gasteiger partial charge in [0.1, 0.15) is 0 Å². The smallest absolute Gasteiger partial charge is 0.0156 e. The van der Waals surface area contributed by atoms with Crippen LogP contribution in [0.2, 0.25) is 0 Å². The molecule has 2 fully saturated rings. The van der Waals surface area contributed by atoms with Crippen LogP contribution in [0.25, 0.3) is 0 Å². The van der Waals surface area contributed by atoms with Gasteiger partial charge in [-0.2, -0.15) is 0 Å². The van der Waals surface area contributed by atoms with Crippen molar-refractivity contribution in [3.63, 3.8) is 0 Å². The lowest BCUT2D eigenvalue weighted by Crippen LogP contribution is -2.31. The SMILES string of the molecule is CC(C)CNC1C2CN(C)CC21. The maximum atomic E-state index is 3.65. The quantitative estimate of drug-likeness (QED) is 0.670. The molecule has 0 aromatic heterocycles. The van der Waals surface area contributed by atoms with Crippen molar-refractivity contribution in [1.82, 2.24) is 10.2 Å². The Morgan fingerprint density at radius 1 is 1.33 bits per heavy atom. The molecule has 2 rings (SSSR count). The Morgan fingerprint density at radius 3 is 2.42 bits per heavy atom. The molecule has 2 atom stereocenters. The lowest BCUT2D eigenvalue weighted by Gasteiger charge is -2.14. The van der Waals surface area contributed by atoms with E-state index in [9.17, 15) is 0 Å². The van der Waals surface area contributed by atoms with Crippen LogP contribution in [0.15, 0.2) is 0 Å². The maximum Gasteiger partial charge on any atom is 0.0156 e. The van der Waals surface area contributed by atoms with Gasteiger partial charge in [0.2, 0.25) is 0 Å². The molecule has 1 N–H and O–H groups in total. The van der Waals surface area contributed by atoms with Gasteiger partial charge in [-0.3, -0.25) is 0 Å². The summed E-state index contributed by atoms with van der Waals surface area (Å²) in [5.41, 5.74) is 0. The van der Waals surface area contributed by atoms with E-state index >= 15 is 0 Å². The highest BCUT2D eigenvalue weighted by Gasteiger charge is 2.54. The van der Waals surface area contributed by atoms with Crippen molar-refractivity contribution in [2.75, 3.05) is 26.7 Å². The third-order valence-corrected chi connectivity index (χ3v) is 3.14. The van der Waals surface area contributed by atoms with Gasteiger partial charge in [0.15, 0.2) is 0 Å². The highest BCUT2D eigenvalue weighted by atomic mass is 15.2. The highest BCUT2D eigenvalue weighted by molar-refractivity contribution is 5.09. The van der Waals surface area contributed by atoms with Gasteiger partial charge in [-0.1, -0.05) is 13.8 Å². The molecule has 1 aliphatic carbocycles. The molecular formula is C10H20N2. The molecule has 1 saturated carbocycles. The Balaban J connectivity index is 1.69. The van der Waals surface area contributed by atoms with Crippen LogP contribution < -0.4 is 5.32 Å². The number of nitrogens with zero attached hydrogens (tertiary/aromatic N) is 1. The van der Waals surface area contributed by atoms with Crippen LogP contribution in [0, 0.1) is 17.8 Å². The van der Waals surface area contributed by atoms with Crippen molar-refractivity contribution in [2.24, 2.45) is 17.8 Å². The van der Waals surface area contributed by atoms with Gasteiger partial charge in [0.05, 0.1) is 0 Å². The third-order valence-electron chi connectivity index (χ3n) is 3.14. The first-order valence-electron chi connectivity index (χ1n) is 5.10. The van der Waals surface area contributed by atoms with Crippen LogP contribution in [-0.4, -0.2) is 37.6 Å². The zero-order valence-corrected chi connectivity index (χ0v) is 8.38. The minimum Gasteiger partial charge on any atom is -0.313 e. The van der Waals surface area contributed by atoms with Crippen molar-refractivity contribution < 1.29 is 0 Å². The minimum absolute atomic E-state index is 0.795. The first-order valence-corrected chi connectivity index (χ1v) is 5.10. The molecule has 0 aromatic carbocycles. The van der Waals surface area contributed by atoms with Crippen LogP contribution in [0.4, 0.5) is 0 Å². The second-order valence-corrected chi connectivity index (χ2v) is 4.88. The number of fused-ring (bicyclic) bond motifs is 1. The molecule has 0 spiro atoms. The number of hydrogen-bond acceptors (Lipinski definition) is 2. The number of nitrogens with one attached hydrogen (secondary N) is 1. The van der Waals surface area contributed by atoms with E-state index in [1.54, 1.807) is 0 Å². The van der Waals surface area contributed by atoms with Gasteiger partial charge in [-0.15, -0.1) is 0 Å². The van der Waals surface area contributed by atoms with E-state index in [-0.39, 0.29) is 0 Å². The summed E-state index contributed by atoms with van der Waals surface area (Å²) in [4.78, 5) is 2.45. The summed E-state index contributed by atoms with van der Waals surface area (Å²) in [6.07, 6.45) is 0. The Bertz CT molecular complexity index is 155. The van der Waals surface area contributed by atoms with Gasteiger partial charge in [0.25, 0.3) is 0 Å². The Hall–Kier alpha value is -0.0800. The summed E-state index contributed by atoms with van der Waals surface area (Å²) >= 11 is 0. The second kappa shape index (κ2) is 3.00. The molecule has 2 unspecified atom stereocenters. The molecular weight excluding hydrogens is 148 g/mol. The van der Waals surface area contributed by atoms with Gasteiger partial charge < -0.3 is 10.2 Å². The second-order valence-electron chi connectivity index (χ2n) is 4.88. The summed E-state index contributed by atoms with van der Waals surface area (Å²) in [6, 6.07) is 0.864. The molecule has 0 radical (unpaired) electrons. The zero-order chi connectivity index (χ0) is 8.72. The first-order chi connectivity index (χ1) is 5.68. The number of likely N-dealkylation sites (tertiary alicyclic amines) is 1. The standard InChI is InChI=1S/C10H20N2/c1-7(2)4-11-10-8-5-12(3)6-9(8)10/h7-11H,4-6H2,1-3H3. The van der Waals surface area contributed by atoms with E-state index in [2.05, 4.69) is 31.1 Å². The molecule has 1 heterocycles. The lowest BCUT2D eigenvalue weighted by molar-refractivity contribution is 0.345. The summed E-state index contributed by atoms with van der Waals surface area (Å²) < 4.78 is 0. The highest BCUT2D eigenvalue weighted by Crippen LogP contribution is 2.44. The van der Waals surface area contributed by atoms with Crippen molar-refractivity contribution in [1.29, 1.82) is 0 Å². The van der Waals surface area contributed by atoms with Gasteiger partial charge in [-0.25, -0.2) is 0 Å². The summed E-state index contributed by atoms with van der Waals surface area (Å²) in [5.74, 6) is 2.76. The fourth-order valence-corrected chi connectivity index (χ4v) is 2.41. The molecule has 2 heteroatoms. The van der Waals surface area contributed by atoms with Crippen LogP contribution in [0.3, 0.4) is 0 Å². The van der Waals surface area contributed by atoms with E-state index in [4.69, 9.17) is 0 Å². The Kier molecular flexibility index (Phi) is 2.13. The molecule has 0 bridgehead atoms. The Labute approximate surface area is 75.3 Å². The van der Waals surface area contributed by atoms with Crippen molar-refractivity contribution in [3.05, 3.63) is 0 Å². The van der Waals surface area contributed by atoms with Crippen molar-refractivity contribution in [3.8, 4) is 0 Å². The van der Waals surface area contributed by atoms with Crippen molar-refractivity contribution in [2.45, 2.75) is 19.9 Å². The predicted molar refractivity (Wildman–Crippen MR) is 51.1 cm³/mol. The van der Waals surface area contributed by atoms with E-state index < -0.39 is 0 Å². The molecule has 0 aromatic rings. The first kappa shape index (κ1) is 8.52. The van der Waals surface area contributed by atoms with Crippen LogP contribution in [0.1, 0.15) is 13.8 Å². The van der Waals surface area contributed by atoms with Crippen LogP contribution in [-0.2, 0) is 0 Å². The molecule has 1 aliphatic heterocycles. The maximum absolute atomic E-state index is 3.65. The molecule has 70 valence electrons. The van der Waals surface area contributed by atoms with Gasteiger partial charge in [0, 0.05) is 19.1 Å². The topological polar surface area (TPSA) is 15.3 Å². The minimum atomic E-state index is 0.795. The summed E-state index contributed by atoms with van der Waals surface area (Å²) in [6.45, 7) is 8.39. The largest absolute Gasteiger partial charge is 0.313 e. The van der Waals surface area contributed by atoms with E-state index in [0.717, 1.165) is 23.8 Å². The molecule has 1 saturated heterocycles. The number of piperidine rings is 1. The third kappa shape index (κ3) is 1.50. The normalized spacial score (nSPS) is 40.5. The molecule has 2 aliphatic rings. The fourth-order valence-electron chi connectivity index (χ4n) is 2.41. The Morgan fingerprint density at radius 2 is 1.92 bits per heavy atom. The molecule has 0 amide bonds. The average Bonchev–Trinajstić information content (AvgIpc) is 2.42. The van der Waals surface area contributed by atoms with Crippen LogP contribution in [0.5, 0.6) is 0 Å². The number of hydrogen-bond donors (Lipinski definition) is 1. The predicted octanol–water partition coefficient (Wildman–Crippen LogP) is 0.792. The van der Waals surface area contributed by atoms with Crippen LogP contribution >= 0.6 is 0 Å². The van der Waals surface area contributed by atoms with E-state index in [1.165, 1.54) is 19.6 Å².